The molecule has 3 aromatic rings. The lowest BCUT2D eigenvalue weighted by Gasteiger charge is -2.07. The van der Waals surface area contributed by atoms with Gasteiger partial charge in [-0.3, -0.25) is 9.59 Å². The van der Waals surface area contributed by atoms with E-state index in [0.29, 0.717) is 28.8 Å². The molecule has 7 nitrogen and oxygen atoms in total. The summed E-state index contributed by atoms with van der Waals surface area (Å²) in [6.07, 6.45) is 0. The third kappa shape index (κ3) is 4.77. The molecular formula is C20H20N4O3S. The van der Waals surface area contributed by atoms with Crippen LogP contribution in [0.1, 0.15) is 17.3 Å². The van der Waals surface area contributed by atoms with Crippen LogP contribution in [0.2, 0.25) is 0 Å². The summed E-state index contributed by atoms with van der Waals surface area (Å²) < 4.78 is 6.74. The number of rotatable bonds is 7. The summed E-state index contributed by atoms with van der Waals surface area (Å²) in [4.78, 5) is 23.7. The van der Waals surface area contributed by atoms with Crippen molar-refractivity contribution in [1.82, 2.24) is 14.8 Å². The van der Waals surface area contributed by atoms with Gasteiger partial charge in [0.2, 0.25) is 0 Å². The summed E-state index contributed by atoms with van der Waals surface area (Å²) in [5.74, 6) is 0.414. The fraction of sp³-hybridized carbons (Fsp3) is 0.200. The van der Waals surface area contributed by atoms with Gasteiger partial charge in [0.1, 0.15) is 0 Å². The number of thioether (sulfide) groups is 1. The van der Waals surface area contributed by atoms with Crippen LogP contribution in [0.5, 0.6) is 0 Å². The Morgan fingerprint density at radius 2 is 1.79 bits per heavy atom. The van der Waals surface area contributed by atoms with Gasteiger partial charge in [-0.15, -0.1) is 10.2 Å². The zero-order valence-electron chi connectivity index (χ0n) is 15.6. The van der Waals surface area contributed by atoms with Crippen molar-refractivity contribution in [3.05, 3.63) is 60.2 Å². The van der Waals surface area contributed by atoms with Crippen molar-refractivity contribution in [2.24, 2.45) is 7.05 Å². The number of hydrogen-bond acceptors (Lipinski definition) is 6. The van der Waals surface area contributed by atoms with E-state index in [-0.39, 0.29) is 17.6 Å². The van der Waals surface area contributed by atoms with E-state index in [1.807, 2.05) is 54.1 Å². The smallest absolute Gasteiger partial charge is 0.316 e. The predicted octanol–water partition coefficient (Wildman–Crippen LogP) is 3.39. The maximum Gasteiger partial charge on any atom is 0.316 e. The number of esters is 1. The van der Waals surface area contributed by atoms with Crippen LogP contribution in [-0.2, 0) is 16.6 Å². The Kier molecular flexibility index (Phi) is 6.44. The fourth-order valence-electron chi connectivity index (χ4n) is 2.51. The highest BCUT2D eigenvalue weighted by molar-refractivity contribution is 7.99. The maximum atomic E-state index is 12.2. The monoisotopic (exact) mass is 396 g/mol. The first-order valence-electron chi connectivity index (χ1n) is 8.73. The van der Waals surface area contributed by atoms with E-state index in [0.717, 1.165) is 5.56 Å². The number of ether oxygens (including phenoxy) is 1. The van der Waals surface area contributed by atoms with Gasteiger partial charge in [0, 0.05) is 23.9 Å². The van der Waals surface area contributed by atoms with Crippen molar-refractivity contribution < 1.29 is 14.3 Å². The Morgan fingerprint density at radius 3 is 2.46 bits per heavy atom. The van der Waals surface area contributed by atoms with E-state index in [1.165, 1.54) is 11.8 Å². The van der Waals surface area contributed by atoms with Gasteiger partial charge in [-0.1, -0.05) is 30.0 Å². The van der Waals surface area contributed by atoms with Gasteiger partial charge in [-0.2, -0.15) is 0 Å². The SMILES string of the molecule is CCOC(=O)CSc1nnc(-c2ccc(NC(=O)c3ccccc3)cc2)n1C. The largest absolute Gasteiger partial charge is 0.465 e. The van der Waals surface area contributed by atoms with Crippen LogP contribution in [0.3, 0.4) is 0 Å². The molecule has 0 aliphatic carbocycles. The topological polar surface area (TPSA) is 86.1 Å². The van der Waals surface area contributed by atoms with Crippen molar-refractivity contribution in [1.29, 1.82) is 0 Å². The minimum atomic E-state index is -0.282. The third-order valence-electron chi connectivity index (χ3n) is 3.90. The minimum absolute atomic E-state index is 0.162. The molecule has 0 spiro atoms. The van der Waals surface area contributed by atoms with E-state index >= 15 is 0 Å². The van der Waals surface area contributed by atoms with Gasteiger partial charge < -0.3 is 14.6 Å². The molecule has 1 heterocycles. The van der Waals surface area contributed by atoms with E-state index in [9.17, 15) is 9.59 Å². The average molecular weight is 396 g/mol. The van der Waals surface area contributed by atoms with Crippen molar-refractivity contribution in [2.45, 2.75) is 12.1 Å². The van der Waals surface area contributed by atoms with E-state index in [1.54, 1.807) is 19.1 Å². The Hall–Kier alpha value is -3.13. The Labute approximate surface area is 167 Å². The number of amides is 1. The van der Waals surface area contributed by atoms with Crippen LogP contribution in [0.25, 0.3) is 11.4 Å². The molecule has 1 aromatic heterocycles. The second kappa shape index (κ2) is 9.18. The summed E-state index contributed by atoms with van der Waals surface area (Å²) >= 11 is 1.28. The first-order chi connectivity index (χ1) is 13.6. The molecule has 0 saturated carbocycles. The summed E-state index contributed by atoms with van der Waals surface area (Å²) in [6, 6.07) is 16.4. The second-order valence-electron chi connectivity index (χ2n) is 5.86. The van der Waals surface area contributed by atoms with E-state index in [4.69, 9.17) is 4.74 Å². The fourth-order valence-corrected chi connectivity index (χ4v) is 3.22. The lowest BCUT2D eigenvalue weighted by molar-refractivity contribution is -0.139. The molecule has 0 aliphatic rings. The molecule has 28 heavy (non-hydrogen) atoms. The average Bonchev–Trinajstić information content (AvgIpc) is 3.08. The van der Waals surface area contributed by atoms with Crippen LogP contribution in [0.15, 0.2) is 59.8 Å². The van der Waals surface area contributed by atoms with Gasteiger partial charge >= 0.3 is 5.97 Å². The number of aromatic nitrogens is 3. The molecule has 144 valence electrons. The number of nitrogens with zero attached hydrogens (tertiary/aromatic N) is 3. The highest BCUT2D eigenvalue weighted by Gasteiger charge is 2.13. The first-order valence-corrected chi connectivity index (χ1v) is 9.71. The van der Waals surface area contributed by atoms with Gasteiger partial charge in [0.05, 0.1) is 12.4 Å². The molecule has 0 aliphatic heterocycles. The van der Waals surface area contributed by atoms with Crippen molar-refractivity contribution in [2.75, 3.05) is 17.7 Å². The number of hydrogen-bond donors (Lipinski definition) is 1. The van der Waals surface area contributed by atoms with Crippen molar-refractivity contribution in [3.63, 3.8) is 0 Å². The van der Waals surface area contributed by atoms with Crippen molar-refractivity contribution >= 4 is 29.3 Å². The first kappa shape index (κ1) is 19.6. The highest BCUT2D eigenvalue weighted by Crippen LogP contribution is 2.24. The van der Waals surface area contributed by atoms with Gasteiger partial charge in [-0.05, 0) is 43.3 Å². The summed E-state index contributed by atoms with van der Waals surface area (Å²) in [6.45, 7) is 2.13. The van der Waals surface area contributed by atoms with Crippen LogP contribution in [-0.4, -0.2) is 39.0 Å². The predicted molar refractivity (Wildman–Crippen MR) is 108 cm³/mol. The van der Waals surface area contributed by atoms with Gasteiger partial charge in [0.15, 0.2) is 11.0 Å². The molecule has 0 unspecified atom stereocenters. The Bertz CT molecular complexity index is 955. The molecule has 0 radical (unpaired) electrons. The molecule has 0 bridgehead atoms. The molecule has 8 heteroatoms. The molecule has 1 N–H and O–H groups in total. The Balaban J connectivity index is 1.67. The van der Waals surface area contributed by atoms with Gasteiger partial charge in [0.25, 0.3) is 5.91 Å². The van der Waals surface area contributed by atoms with Crippen LogP contribution in [0, 0.1) is 0 Å². The van der Waals surface area contributed by atoms with Crippen LogP contribution < -0.4 is 5.32 Å². The molecular weight excluding hydrogens is 376 g/mol. The zero-order chi connectivity index (χ0) is 19.9. The maximum absolute atomic E-state index is 12.2. The standard InChI is InChI=1S/C20H20N4O3S/c1-3-27-17(25)13-28-20-23-22-18(24(20)2)14-9-11-16(12-10-14)21-19(26)15-7-5-4-6-8-15/h4-12H,3,13H2,1-2H3,(H,21,26). The quantitative estimate of drug-likeness (QED) is 0.487. The van der Waals surface area contributed by atoms with E-state index < -0.39 is 0 Å². The molecule has 3 rings (SSSR count). The van der Waals surface area contributed by atoms with Crippen LogP contribution >= 0.6 is 11.8 Å². The Morgan fingerprint density at radius 1 is 1.07 bits per heavy atom. The number of anilines is 1. The minimum Gasteiger partial charge on any atom is -0.465 e. The zero-order valence-corrected chi connectivity index (χ0v) is 16.4. The molecule has 1 amide bonds. The lowest BCUT2D eigenvalue weighted by atomic mass is 10.1. The normalized spacial score (nSPS) is 10.5. The molecule has 0 saturated heterocycles. The number of carbonyl (C=O) groups is 2. The summed E-state index contributed by atoms with van der Waals surface area (Å²) in [5, 5.41) is 11.8. The highest BCUT2D eigenvalue weighted by atomic mass is 32.2. The molecule has 0 atom stereocenters. The summed E-state index contributed by atoms with van der Waals surface area (Å²) in [7, 11) is 1.84. The molecule has 0 fully saturated rings. The van der Waals surface area contributed by atoms with Gasteiger partial charge in [-0.25, -0.2) is 0 Å². The number of carbonyl (C=O) groups excluding carboxylic acids is 2. The lowest BCUT2D eigenvalue weighted by Crippen LogP contribution is -2.11. The van der Waals surface area contributed by atoms with Crippen LogP contribution in [0.4, 0.5) is 5.69 Å². The summed E-state index contributed by atoms with van der Waals surface area (Å²) in [5.41, 5.74) is 2.15. The third-order valence-corrected chi connectivity index (χ3v) is 4.89. The molecule has 2 aromatic carbocycles. The van der Waals surface area contributed by atoms with Crippen molar-refractivity contribution in [3.8, 4) is 11.4 Å². The second-order valence-corrected chi connectivity index (χ2v) is 6.80. The number of nitrogens with one attached hydrogen (secondary N) is 1. The number of benzene rings is 2. The van der Waals surface area contributed by atoms with E-state index in [2.05, 4.69) is 15.5 Å².